The molecular weight excluding hydrogens is 296 g/mol. The van der Waals surface area contributed by atoms with Crippen molar-refractivity contribution in [2.75, 3.05) is 13.0 Å². The van der Waals surface area contributed by atoms with Gasteiger partial charge in [0.1, 0.15) is 4.90 Å². The Balaban J connectivity index is 2.38. The Morgan fingerprint density at radius 2 is 1.81 bits per heavy atom. The zero-order chi connectivity index (χ0) is 15.6. The summed E-state index contributed by atoms with van der Waals surface area (Å²) in [6.07, 6.45) is 1.30. The molecule has 8 heteroatoms. The lowest BCUT2D eigenvalue weighted by Gasteiger charge is -2.08. The summed E-state index contributed by atoms with van der Waals surface area (Å²) in [5.41, 5.74) is 0.727. The zero-order valence-electron chi connectivity index (χ0n) is 11.4. The Morgan fingerprint density at radius 1 is 1.19 bits per heavy atom. The highest BCUT2D eigenvalue weighted by atomic mass is 32.2. The monoisotopic (exact) mass is 310 g/mol. The van der Waals surface area contributed by atoms with Crippen molar-refractivity contribution in [2.24, 2.45) is 0 Å². The molecule has 1 aromatic carbocycles. The number of nitrogens with zero attached hydrogens (tertiary/aromatic N) is 1. The average molecular weight is 310 g/mol. The highest BCUT2D eigenvalue weighted by Gasteiger charge is 2.24. The molecule has 0 amide bonds. The van der Waals surface area contributed by atoms with E-state index in [4.69, 9.17) is 10.0 Å². The minimum Gasteiger partial charge on any atom is -0.464 e. The molecule has 0 spiro atoms. The van der Waals surface area contributed by atoms with Gasteiger partial charge in [0.15, 0.2) is 11.4 Å². The lowest BCUT2D eigenvalue weighted by molar-refractivity contribution is 0.0589. The first-order valence-electron chi connectivity index (χ1n) is 5.91. The number of aromatic nitrogens is 1. The van der Waals surface area contributed by atoms with Crippen LogP contribution in [0.5, 0.6) is 5.75 Å². The molecular formula is C13H14N2O5S. The summed E-state index contributed by atoms with van der Waals surface area (Å²) in [7, 11) is -2.90. The van der Waals surface area contributed by atoms with Crippen molar-refractivity contribution in [3.8, 4) is 5.75 Å². The number of ether oxygens (including phenoxy) is 1. The molecule has 1 aromatic heterocycles. The summed E-state index contributed by atoms with van der Waals surface area (Å²) in [4.78, 5) is 11.6. The van der Waals surface area contributed by atoms with Crippen molar-refractivity contribution in [2.45, 2.75) is 11.8 Å². The first-order chi connectivity index (χ1) is 9.85. The van der Waals surface area contributed by atoms with Crippen molar-refractivity contribution in [1.29, 1.82) is 0 Å². The predicted molar refractivity (Wildman–Crippen MR) is 74.9 cm³/mol. The number of hydrogen-bond donors (Lipinski definition) is 1. The number of rotatable bonds is 4. The smallest absolute Gasteiger partial charge is 0.360 e. The van der Waals surface area contributed by atoms with Crippen LogP contribution in [0, 0.1) is 6.92 Å². The second-order valence-electron chi connectivity index (χ2n) is 4.28. The largest absolute Gasteiger partial charge is 0.464 e. The molecule has 0 radical (unpaired) electrons. The number of benzene rings is 1. The fourth-order valence-corrected chi connectivity index (χ4v) is 2.61. The summed E-state index contributed by atoms with van der Waals surface area (Å²) >= 11 is 0. The molecule has 2 rings (SSSR count). The summed E-state index contributed by atoms with van der Waals surface area (Å²) < 4.78 is 34.8. The normalized spacial score (nSPS) is 11.1. The lowest BCUT2D eigenvalue weighted by Crippen LogP contribution is -2.18. The minimum absolute atomic E-state index is 0.0197. The van der Waals surface area contributed by atoms with Gasteiger partial charge in [-0.1, -0.05) is 17.7 Å². The molecule has 0 unspecified atom stereocenters. The Bertz CT molecular complexity index is 762. The molecule has 2 aromatic rings. The van der Waals surface area contributed by atoms with E-state index in [1.807, 2.05) is 6.92 Å². The van der Waals surface area contributed by atoms with Gasteiger partial charge in [0.05, 0.1) is 7.11 Å². The third-order valence-corrected chi connectivity index (χ3v) is 4.01. The van der Waals surface area contributed by atoms with E-state index in [9.17, 15) is 13.2 Å². The van der Waals surface area contributed by atoms with Gasteiger partial charge < -0.3 is 14.8 Å². The second-order valence-corrected chi connectivity index (χ2v) is 5.82. The number of nitrogens with two attached hydrogens (primary N) is 1. The van der Waals surface area contributed by atoms with Crippen LogP contribution < -0.4 is 10.0 Å². The Morgan fingerprint density at radius 3 is 2.38 bits per heavy atom. The van der Waals surface area contributed by atoms with E-state index in [0.29, 0.717) is 0 Å². The van der Waals surface area contributed by atoms with E-state index in [-0.39, 0.29) is 16.3 Å². The molecule has 0 bridgehead atoms. The molecule has 1 heterocycles. The van der Waals surface area contributed by atoms with Crippen LogP contribution in [0.4, 0.5) is 0 Å². The fourth-order valence-electron chi connectivity index (χ4n) is 1.67. The van der Waals surface area contributed by atoms with Gasteiger partial charge in [-0.15, -0.1) is 0 Å². The molecule has 112 valence electrons. The van der Waals surface area contributed by atoms with Crippen molar-refractivity contribution < 1.29 is 22.1 Å². The molecule has 21 heavy (non-hydrogen) atoms. The number of nitrogen functional groups attached to an aromatic ring is 1. The van der Waals surface area contributed by atoms with E-state index < -0.39 is 16.1 Å². The quantitative estimate of drug-likeness (QED) is 0.515. The van der Waals surface area contributed by atoms with Gasteiger partial charge in [-0.3, -0.25) is 4.68 Å². The van der Waals surface area contributed by atoms with E-state index in [1.165, 1.54) is 24.4 Å². The summed E-state index contributed by atoms with van der Waals surface area (Å²) in [6, 6.07) is 7.40. The first kappa shape index (κ1) is 14.9. The van der Waals surface area contributed by atoms with Gasteiger partial charge in [0.2, 0.25) is 0 Å². The Labute approximate surface area is 122 Å². The highest BCUT2D eigenvalue weighted by molar-refractivity contribution is 7.87. The SMILES string of the molecule is COC(=O)c1c(OS(=O)(=O)c2ccc(C)cc2)ccn1N. The molecule has 0 fully saturated rings. The third-order valence-electron chi connectivity index (χ3n) is 2.77. The zero-order valence-corrected chi connectivity index (χ0v) is 12.3. The van der Waals surface area contributed by atoms with Crippen LogP contribution in [0.2, 0.25) is 0 Å². The van der Waals surface area contributed by atoms with Gasteiger partial charge >= 0.3 is 16.1 Å². The van der Waals surface area contributed by atoms with Gasteiger partial charge in [-0.05, 0) is 19.1 Å². The van der Waals surface area contributed by atoms with Crippen LogP contribution >= 0.6 is 0 Å². The van der Waals surface area contributed by atoms with Crippen molar-refractivity contribution in [3.05, 3.63) is 47.8 Å². The van der Waals surface area contributed by atoms with Crippen LogP contribution in [0.15, 0.2) is 41.4 Å². The number of esters is 1. The van der Waals surface area contributed by atoms with Gasteiger partial charge in [-0.2, -0.15) is 8.42 Å². The molecule has 0 atom stereocenters. The minimum atomic E-state index is -4.06. The maximum absolute atomic E-state index is 12.2. The van der Waals surface area contributed by atoms with Gasteiger partial charge in [0, 0.05) is 12.3 Å². The lowest BCUT2D eigenvalue weighted by atomic mass is 10.2. The topological polar surface area (TPSA) is 101 Å². The number of hydrogen-bond acceptors (Lipinski definition) is 6. The first-order valence-corrected chi connectivity index (χ1v) is 7.32. The number of aryl methyl sites for hydroxylation is 1. The summed E-state index contributed by atoms with van der Waals surface area (Å²) in [6.45, 7) is 1.83. The summed E-state index contributed by atoms with van der Waals surface area (Å²) in [5, 5.41) is 0. The standard InChI is InChI=1S/C13H14N2O5S/c1-9-3-5-10(6-4-9)21(17,18)20-11-7-8-15(14)12(11)13(16)19-2/h3-8H,14H2,1-2H3. The predicted octanol–water partition coefficient (Wildman–Crippen LogP) is 1.06. The Kier molecular flexibility index (Phi) is 3.90. The molecule has 0 aliphatic rings. The molecule has 0 saturated heterocycles. The number of carbonyl (C=O) groups excluding carboxylic acids is 1. The van der Waals surface area contributed by atoms with Crippen LogP contribution in [-0.4, -0.2) is 26.2 Å². The van der Waals surface area contributed by atoms with Crippen LogP contribution in [0.3, 0.4) is 0 Å². The summed E-state index contributed by atoms with van der Waals surface area (Å²) in [5.74, 6) is 4.55. The van der Waals surface area contributed by atoms with E-state index in [1.54, 1.807) is 12.1 Å². The highest BCUT2D eigenvalue weighted by Crippen LogP contribution is 2.24. The van der Waals surface area contributed by atoms with Crippen LogP contribution in [0.1, 0.15) is 16.1 Å². The van der Waals surface area contributed by atoms with Gasteiger partial charge in [0.25, 0.3) is 0 Å². The average Bonchev–Trinajstić information content (AvgIpc) is 2.79. The number of carbonyl (C=O) groups is 1. The van der Waals surface area contributed by atoms with Crippen LogP contribution in [0.25, 0.3) is 0 Å². The molecule has 7 nitrogen and oxygen atoms in total. The van der Waals surface area contributed by atoms with E-state index >= 15 is 0 Å². The van der Waals surface area contributed by atoms with Gasteiger partial charge in [-0.25, -0.2) is 4.79 Å². The maximum Gasteiger partial charge on any atom is 0.360 e. The Hall–Kier alpha value is -2.48. The van der Waals surface area contributed by atoms with Crippen molar-refractivity contribution >= 4 is 16.1 Å². The van der Waals surface area contributed by atoms with E-state index in [0.717, 1.165) is 17.3 Å². The number of methoxy groups -OCH3 is 1. The molecule has 0 aliphatic heterocycles. The molecule has 0 aliphatic carbocycles. The van der Waals surface area contributed by atoms with E-state index in [2.05, 4.69) is 4.74 Å². The van der Waals surface area contributed by atoms with Crippen molar-refractivity contribution in [3.63, 3.8) is 0 Å². The molecule has 0 saturated carbocycles. The molecule has 2 N–H and O–H groups in total. The second kappa shape index (κ2) is 5.49. The van der Waals surface area contributed by atoms with Crippen molar-refractivity contribution in [1.82, 2.24) is 4.68 Å². The third kappa shape index (κ3) is 3.00. The maximum atomic E-state index is 12.2. The fraction of sp³-hybridized carbons (Fsp3) is 0.154. The van der Waals surface area contributed by atoms with Crippen LogP contribution in [-0.2, 0) is 14.9 Å².